The van der Waals surface area contributed by atoms with E-state index in [1.807, 2.05) is 20.9 Å². The molecule has 1 amide bonds. The highest BCUT2D eigenvalue weighted by Crippen LogP contribution is 2.17. The van der Waals surface area contributed by atoms with E-state index in [4.69, 9.17) is 10.5 Å². The second-order valence-corrected chi connectivity index (χ2v) is 4.60. The zero-order valence-corrected chi connectivity index (χ0v) is 9.95. The second-order valence-electron chi connectivity index (χ2n) is 4.60. The molecule has 4 heteroatoms. The van der Waals surface area contributed by atoms with Crippen LogP contribution in [0.25, 0.3) is 0 Å². The summed E-state index contributed by atoms with van der Waals surface area (Å²) < 4.78 is 5.27. The van der Waals surface area contributed by atoms with Crippen molar-refractivity contribution in [3.8, 4) is 0 Å². The van der Waals surface area contributed by atoms with Crippen LogP contribution < -0.4 is 5.73 Å². The normalized spacial score (nSPS) is 24.9. The molecule has 0 aliphatic carbocycles. The molecule has 1 aliphatic rings. The minimum atomic E-state index is -0.730. The van der Waals surface area contributed by atoms with E-state index in [1.165, 1.54) is 0 Å². The third-order valence-corrected chi connectivity index (χ3v) is 3.03. The zero-order chi connectivity index (χ0) is 11.5. The van der Waals surface area contributed by atoms with Gasteiger partial charge in [0.2, 0.25) is 5.91 Å². The highest BCUT2D eigenvalue weighted by Gasteiger charge is 2.34. The smallest absolute Gasteiger partial charge is 0.242 e. The van der Waals surface area contributed by atoms with Gasteiger partial charge in [-0.25, -0.2) is 0 Å². The first-order chi connectivity index (χ1) is 6.99. The Balaban J connectivity index is 2.57. The highest BCUT2D eigenvalue weighted by molar-refractivity contribution is 5.85. The lowest BCUT2D eigenvalue weighted by Crippen LogP contribution is -2.54. The van der Waals surface area contributed by atoms with Crippen molar-refractivity contribution in [2.24, 2.45) is 5.73 Å². The molecule has 1 rings (SSSR count). The molecular formula is C11H22N2O2. The number of amides is 1. The fraction of sp³-hybridized carbons (Fsp3) is 0.909. The van der Waals surface area contributed by atoms with Crippen LogP contribution in [-0.4, -0.2) is 42.6 Å². The molecule has 0 bridgehead atoms. The van der Waals surface area contributed by atoms with Crippen LogP contribution in [0, 0.1) is 0 Å². The Hall–Kier alpha value is -0.610. The molecule has 4 nitrogen and oxygen atoms in total. The van der Waals surface area contributed by atoms with E-state index < -0.39 is 5.54 Å². The van der Waals surface area contributed by atoms with Gasteiger partial charge >= 0.3 is 0 Å². The number of hydrogen-bond acceptors (Lipinski definition) is 3. The molecule has 0 aromatic carbocycles. The van der Waals surface area contributed by atoms with Crippen LogP contribution >= 0.6 is 0 Å². The van der Waals surface area contributed by atoms with Crippen molar-refractivity contribution in [2.45, 2.75) is 44.7 Å². The first kappa shape index (κ1) is 12.5. The summed E-state index contributed by atoms with van der Waals surface area (Å²) >= 11 is 0. The Labute approximate surface area is 91.8 Å². The number of hydrogen-bond donors (Lipinski definition) is 1. The maximum atomic E-state index is 12.1. The topological polar surface area (TPSA) is 55.6 Å². The van der Waals surface area contributed by atoms with E-state index in [0.29, 0.717) is 6.61 Å². The molecule has 0 aromatic rings. The van der Waals surface area contributed by atoms with E-state index >= 15 is 0 Å². The number of rotatable bonds is 4. The molecular weight excluding hydrogens is 192 g/mol. The first-order valence-corrected chi connectivity index (χ1v) is 5.63. The number of carbonyl (C=O) groups excluding carboxylic acids is 1. The molecule has 88 valence electrons. The molecule has 1 aliphatic heterocycles. The van der Waals surface area contributed by atoms with Crippen molar-refractivity contribution in [3.05, 3.63) is 0 Å². The summed E-state index contributed by atoms with van der Waals surface area (Å²) in [7, 11) is 1.82. The fourth-order valence-electron chi connectivity index (χ4n) is 2.02. The highest BCUT2D eigenvalue weighted by atomic mass is 16.5. The van der Waals surface area contributed by atoms with Crippen LogP contribution in [-0.2, 0) is 9.53 Å². The summed E-state index contributed by atoms with van der Waals surface area (Å²) in [6.07, 6.45) is 2.57. The van der Waals surface area contributed by atoms with Gasteiger partial charge in [0.25, 0.3) is 0 Å². The van der Waals surface area contributed by atoms with Gasteiger partial charge in [-0.2, -0.15) is 0 Å². The van der Waals surface area contributed by atoms with Gasteiger partial charge in [-0.1, -0.05) is 13.3 Å². The van der Waals surface area contributed by atoms with Crippen LogP contribution in [0.1, 0.15) is 33.1 Å². The van der Waals surface area contributed by atoms with Crippen LogP contribution in [0.5, 0.6) is 0 Å². The summed E-state index contributed by atoms with van der Waals surface area (Å²) in [5, 5.41) is 0. The molecule has 2 N–H and O–H groups in total. The van der Waals surface area contributed by atoms with Crippen molar-refractivity contribution in [1.82, 2.24) is 4.90 Å². The van der Waals surface area contributed by atoms with Gasteiger partial charge in [-0.05, 0) is 19.8 Å². The van der Waals surface area contributed by atoms with Gasteiger partial charge in [0.1, 0.15) is 0 Å². The Morgan fingerprint density at radius 1 is 1.67 bits per heavy atom. The Morgan fingerprint density at radius 2 is 2.33 bits per heavy atom. The molecule has 2 unspecified atom stereocenters. The van der Waals surface area contributed by atoms with E-state index in [0.717, 1.165) is 25.9 Å². The van der Waals surface area contributed by atoms with Crippen LogP contribution in [0.3, 0.4) is 0 Å². The van der Waals surface area contributed by atoms with E-state index in [-0.39, 0.29) is 11.9 Å². The van der Waals surface area contributed by atoms with Crippen LogP contribution in [0.2, 0.25) is 0 Å². The zero-order valence-electron chi connectivity index (χ0n) is 9.95. The molecule has 0 saturated carbocycles. The molecule has 15 heavy (non-hydrogen) atoms. The Bertz CT molecular complexity index is 223. The summed E-state index contributed by atoms with van der Waals surface area (Å²) in [5.41, 5.74) is 5.28. The standard InChI is InChI=1S/C11H22N2O2/c1-4-6-11(2,12)10(14)13(3)9-5-7-15-8-9/h9H,4-8,12H2,1-3H3. The largest absolute Gasteiger partial charge is 0.379 e. The second kappa shape index (κ2) is 4.94. The summed E-state index contributed by atoms with van der Waals surface area (Å²) in [4.78, 5) is 13.8. The third-order valence-electron chi connectivity index (χ3n) is 3.03. The number of nitrogens with zero attached hydrogens (tertiary/aromatic N) is 1. The SMILES string of the molecule is CCCC(C)(N)C(=O)N(C)C1CCOC1. The maximum absolute atomic E-state index is 12.1. The van der Waals surface area contributed by atoms with Gasteiger partial charge in [0.15, 0.2) is 0 Å². The lowest BCUT2D eigenvalue weighted by molar-refractivity contribution is -0.137. The van der Waals surface area contributed by atoms with E-state index in [1.54, 1.807) is 4.90 Å². The monoisotopic (exact) mass is 214 g/mol. The van der Waals surface area contributed by atoms with Crippen molar-refractivity contribution in [1.29, 1.82) is 0 Å². The van der Waals surface area contributed by atoms with E-state index in [2.05, 4.69) is 0 Å². The fourth-order valence-corrected chi connectivity index (χ4v) is 2.02. The van der Waals surface area contributed by atoms with Gasteiger partial charge in [0.05, 0.1) is 18.2 Å². The van der Waals surface area contributed by atoms with Gasteiger partial charge in [-0.15, -0.1) is 0 Å². The van der Waals surface area contributed by atoms with Crippen LogP contribution in [0.4, 0.5) is 0 Å². The molecule has 1 fully saturated rings. The Kier molecular flexibility index (Phi) is 4.11. The van der Waals surface area contributed by atoms with Crippen LogP contribution in [0.15, 0.2) is 0 Å². The predicted octanol–water partition coefficient (Wildman–Crippen LogP) is 0.751. The third kappa shape index (κ3) is 2.92. The molecule has 0 spiro atoms. The Morgan fingerprint density at radius 3 is 2.80 bits per heavy atom. The van der Waals surface area contributed by atoms with Crippen molar-refractivity contribution in [2.75, 3.05) is 20.3 Å². The summed E-state index contributed by atoms with van der Waals surface area (Å²) in [5.74, 6) is 0.0276. The molecule has 0 aromatic heterocycles. The first-order valence-electron chi connectivity index (χ1n) is 5.63. The number of ether oxygens (including phenoxy) is 1. The number of likely N-dealkylation sites (N-methyl/N-ethyl adjacent to an activating group) is 1. The minimum absolute atomic E-state index is 0.0276. The summed E-state index contributed by atoms with van der Waals surface area (Å²) in [6.45, 7) is 5.24. The lowest BCUT2D eigenvalue weighted by atomic mass is 9.95. The lowest BCUT2D eigenvalue weighted by Gasteiger charge is -2.32. The number of carbonyl (C=O) groups is 1. The molecule has 2 atom stereocenters. The van der Waals surface area contributed by atoms with Crippen molar-refractivity contribution < 1.29 is 9.53 Å². The molecule has 0 radical (unpaired) electrons. The van der Waals surface area contributed by atoms with Gasteiger partial charge in [-0.3, -0.25) is 4.79 Å². The number of nitrogens with two attached hydrogens (primary N) is 1. The molecule has 1 heterocycles. The molecule has 1 saturated heterocycles. The minimum Gasteiger partial charge on any atom is -0.379 e. The van der Waals surface area contributed by atoms with E-state index in [9.17, 15) is 4.79 Å². The van der Waals surface area contributed by atoms with Gasteiger partial charge in [0, 0.05) is 13.7 Å². The average Bonchev–Trinajstić information content (AvgIpc) is 2.68. The van der Waals surface area contributed by atoms with Crippen molar-refractivity contribution in [3.63, 3.8) is 0 Å². The van der Waals surface area contributed by atoms with Gasteiger partial charge < -0.3 is 15.4 Å². The quantitative estimate of drug-likeness (QED) is 0.751. The maximum Gasteiger partial charge on any atom is 0.242 e. The predicted molar refractivity (Wildman–Crippen MR) is 59.5 cm³/mol. The average molecular weight is 214 g/mol. The summed E-state index contributed by atoms with van der Waals surface area (Å²) in [6, 6.07) is 0.206. The van der Waals surface area contributed by atoms with Crippen molar-refractivity contribution >= 4 is 5.91 Å².